The minimum Gasteiger partial charge on any atom is -0.309 e. The monoisotopic (exact) mass is 425 g/mol. The highest BCUT2D eigenvalue weighted by atomic mass is 32.1. The van der Waals surface area contributed by atoms with Gasteiger partial charge in [0.2, 0.25) is 0 Å². The van der Waals surface area contributed by atoms with Crippen molar-refractivity contribution in [3.8, 4) is 16.8 Å². The standard InChI is InChI=1S/C30H19NS/c1-2-8-20(9-3-1)21-14-16-22(17-15-21)31-27-12-6-4-10-23(27)25-19-30-26(18-28(25)31)24-11-5-7-13-29(24)32-30/h1-19H. The van der Waals surface area contributed by atoms with Crippen molar-refractivity contribution < 1.29 is 0 Å². The summed E-state index contributed by atoms with van der Waals surface area (Å²) in [6.45, 7) is 0. The highest BCUT2D eigenvalue weighted by Gasteiger charge is 2.15. The summed E-state index contributed by atoms with van der Waals surface area (Å²) in [5, 5.41) is 5.29. The number of nitrogens with zero attached hydrogens (tertiary/aromatic N) is 1. The van der Waals surface area contributed by atoms with Crippen LogP contribution in [0.4, 0.5) is 0 Å². The lowest BCUT2D eigenvalue weighted by Crippen LogP contribution is -1.93. The van der Waals surface area contributed by atoms with Gasteiger partial charge in [-0.25, -0.2) is 0 Å². The van der Waals surface area contributed by atoms with Gasteiger partial charge in [0.1, 0.15) is 0 Å². The fourth-order valence-corrected chi connectivity index (χ4v) is 6.03. The van der Waals surface area contributed by atoms with Crippen LogP contribution in [-0.4, -0.2) is 4.57 Å². The molecule has 0 amide bonds. The van der Waals surface area contributed by atoms with Crippen LogP contribution in [-0.2, 0) is 0 Å². The van der Waals surface area contributed by atoms with E-state index in [0.717, 1.165) is 0 Å². The van der Waals surface area contributed by atoms with Crippen LogP contribution >= 0.6 is 11.3 Å². The van der Waals surface area contributed by atoms with Crippen LogP contribution in [0.2, 0.25) is 0 Å². The van der Waals surface area contributed by atoms with Crippen molar-refractivity contribution in [3.63, 3.8) is 0 Å². The molecule has 0 saturated heterocycles. The predicted octanol–water partition coefficient (Wildman–Crippen LogP) is 8.82. The van der Waals surface area contributed by atoms with E-state index < -0.39 is 0 Å². The third kappa shape index (κ3) is 2.57. The smallest absolute Gasteiger partial charge is 0.0548 e. The second-order valence-corrected chi connectivity index (χ2v) is 9.31. The summed E-state index contributed by atoms with van der Waals surface area (Å²) < 4.78 is 5.10. The topological polar surface area (TPSA) is 4.93 Å². The van der Waals surface area contributed by atoms with Crippen LogP contribution in [0.5, 0.6) is 0 Å². The number of benzene rings is 5. The lowest BCUT2D eigenvalue weighted by Gasteiger charge is -2.09. The van der Waals surface area contributed by atoms with Crippen molar-refractivity contribution in [2.24, 2.45) is 0 Å². The molecule has 2 heteroatoms. The van der Waals surface area contributed by atoms with Gasteiger partial charge in [-0.2, -0.15) is 0 Å². The summed E-state index contributed by atoms with van der Waals surface area (Å²) in [4.78, 5) is 0. The van der Waals surface area contributed by atoms with Crippen LogP contribution in [0.1, 0.15) is 0 Å². The molecule has 0 aliphatic rings. The second-order valence-electron chi connectivity index (χ2n) is 8.23. The Hall–Kier alpha value is -3.88. The molecule has 7 aromatic rings. The minimum atomic E-state index is 1.19. The van der Waals surface area contributed by atoms with Crippen molar-refractivity contribution in [3.05, 3.63) is 115 Å². The number of hydrogen-bond donors (Lipinski definition) is 0. The molecule has 0 unspecified atom stereocenters. The quantitative estimate of drug-likeness (QED) is 0.261. The zero-order valence-electron chi connectivity index (χ0n) is 17.3. The molecule has 1 nitrogen and oxygen atoms in total. The molecule has 0 fully saturated rings. The Labute approximate surface area is 189 Å². The van der Waals surface area contributed by atoms with Crippen molar-refractivity contribution in [1.82, 2.24) is 4.57 Å². The van der Waals surface area contributed by atoms with Gasteiger partial charge in [-0.3, -0.25) is 0 Å². The molecule has 0 radical (unpaired) electrons. The third-order valence-corrected chi connectivity index (χ3v) is 7.54. The van der Waals surface area contributed by atoms with E-state index in [1.165, 1.54) is 58.8 Å². The summed E-state index contributed by atoms with van der Waals surface area (Å²) in [5.41, 5.74) is 6.18. The number of rotatable bonds is 2. The Morgan fingerprint density at radius 1 is 0.438 bits per heavy atom. The Balaban J connectivity index is 1.52. The van der Waals surface area contributed by atoms with E-state index in [1.807, 2.05) is 11.3 Å². The second kappa shape index (κ2) is 6.81. The molecule has 0 atom stereocenters. The third-order valence-electron chi connectivity index (χ3n) is 6.40. The highest BCUT2D eigenvalue weighted by molar-refractivity contribution is 7.25. The van der Waals surface area contributed by atoms with Gasteiger partial charge in [-0.1, -0.05) is 78.9 Å². The minimum absolute atomic E-state index is 1.19. The van der Waals surface area contributed by atoms with Crippen molar-refractivity contribution in [2.75, 3.05) is 0 Å². The number of para-hydroxylation sites is 1. The molecule has 0 spiro atoms. The average Bonchev–Trinajstić information content (AvgIpc) is 3.38. The van der Waals surface area contributed by atoms with E-state index >= 15 is 0 Å². The van der Waals surface area contributed by atoms with Crippen LogP contribution in [0, 0.1) is 0 Å². The van der Waals surface area contributed by atoms with Gasteiger partial charge in [0, 0.05) is 36.6 Å². The Morgan fingerprint density at radius 2 is 1.12 bits per heavy atom. The van der Waals surface area contributed by atoms with E-state index in [1.54, 1.807) is 0 Å². The van der Waals surface area contributed by atoms with Gasteiger partial charge in [0.25, 0.3) is 0 Å². The molecule has 0 N–H and O–H groups in total. The number of thiophene rings is 1. The molecule has 0 aliphatic heterocycles. The van der Waals surface area contributed by atoms with Gasteiger partial charge < -0.3 is 4.57 Å². The van der Waals surface area contributed by atoms with Crippen molar-refractivity contribution in [2.45, 2.75) is 0 Å². The molecule has 2 aromatic heterocycles. The SMILES string of the molecule is c1ccc(-c2ccc(-n3c4ccccc4c4cc5sc6ccccc6c5cc43)cc2)cc1. The normalized spacial score (nSPS) is 11.8. The van der Waals surface area contributed by atoms with Gasteiger partial charge in [0.05, 0.1) is 11.0 Å². The Morgan fingerprint density at radius 3 is 1.97 bits per heavy atom. The maximum atomic E-state index is 2.41. The van der Waals surface area contributed by atoms with E-state index in [-0.39, 0.29) is 0 Å². The fourth-order valence-electron chi connectivity index (χ4n) is 4.90. The fraction of sp³-hybridized carbons (Fsp3) is 0. The van der Waals surface area contributed by atoms with Crippen LogP contribution in [0.25, 0.3) is 58.8 Å². The van der Waals surface area contributed by atoms with Gasteiger partial charge in [-0.15, -0.1) is 11.3 Å². The van der Waals surface area contributed by atoms with Crippen LogP contribution in [0.3, 0.4) is 0 Å². The Kier molecular flexibility index (Phi) is 3.78. The molecule has 0 bridgehead atoms. The lowest BCUT2D eigenvalue weighted by atomic mass is 10.1. The van der Waals surface area contributed by atoms with E-state index in [0.29, 0.717) is 0 Å². The first kappa shape index (κ1) is 17.8. The first-order valence-electron chi connectivity index (χ1n) is 10.9. The summed E-state index contributed by atoms with van der Waals surface area (Å²) >= 11 is 1.88. The average molecular weight is 426 g/mol. The Bertz CT molecular complexity index is 1750. The zero-order valence-corrected chi connectivity index (χ0v) is 18.1. The van der Waals surface area contributed by atoms with E-state index in [9.17, 15) is 0 Å². The number of hydrogen-bond acceptors (Lipinski definition) is 1. The maximum absolute atomic E-state index is 2.41. The van der Waals surface area contributed by atoms with Gasteiger partial charge >= 0.3 is 0 Å². The molecule has 32 heavy (non-hydrogen) atoms. The molecule has 150 valence electrons. The van der Waals surface area contributed by atoms with Crippen LogP contribution < -0.4 is 0 Å². The van der Waals surface area contributed by atoms with Crippen molar-refractivity contribution >= 4 is 53.3 Å². The van der Waals surface area contributed by atoms with Crippen molar-refractivity contribution in [1.29, 1.82) is 0 Å². The predicted molar refractivity (Wildman–Crippen MR) is 139 cm³/mol. The zero-order chi connectivity index (χ0) is 21.1. The summed E-state index contributed by atoms with van der Waals surface area (Å²) in [6, 6.07) is 41.7. The molecule has 0 saturated carbocycles. The molecule has 2 heterocycles. The number of fused-ring (bicyclic) bond motifs is 6. The molecular weight excluding hydrogens is 406 g/mol. The molecular formula is C30H19NS. The lowest BCUT2D eigenvalue weighted by molar-refractivity contribution is 1.18. The first-order valence-corrected chi connectivity index (χ1v) is 11.7. The summed E-state index contributed by atoms with van der Waals surface area (Å²) in [6.07, 6.45) is 0. The van der Waals surface area contributed by atoms with Gasteiger partial charge in [-0.05, 0) is 47.5 Å². The first-order chi connectivity index (χ1) is 15.9. The number of aromatic nitrogens is 1. The molecule has 7 rings (SSSR count). The largest absolute Gasteiger partial charge is 0.309 e. The maximum Gasteiger partial charge on any atom is 0.0548 e. The molecule has 0 aliphatic carbocycles. The van der Waals surface area contributed by atoms with Gasteiger partial charge in [0.15, 0.2) is 0 Å². The highest BCUT2D eigenvalue weighted by Crippen LogP contribution is 2.40. The summed E-state index contributed by atoms with van der Waals surface area (Å²) in [7, 11) is 0. The van der Waals surface area contributed by atoms with Crippen LogP contribution in [0.15, 0.2) is 115 Å². The molecule has 5 aromatic carbocycles. The van der Waals surface area contributed by atoms with E-state index in [2.05, 4.69) is 120 Å². The van der Waals surface area contributed by atoms with E-state index in [4.69, 9.17) is 0 Å². The summed E-state index contributed by atoms with van der Waals surface area (Å²) in [5.74, 6) is 0.